The topological polar surface area (TPSA) is 60.7 Å². The highest BCUT2D eigenvalue weighted by Crippen LogP contribution is 2.38. The first kappa shape index (κ1) is 12.7. The molecule has 2 fully saturated rings. The summed E-state index contributed by atoms with van der Waals surface area (Å²) in [5.41, 5.74) is 0. The van der Waals surface area contributed by atoms with Crippen molar-refractivity contribution in [1.82, 2.24) is 5.32 Å². The van der Waals surface area contributed by atoms with Gasteiger partial charge in [-0.1, -0.05) is 0 Å². The number of methoxy groups -OCH3 is 1. The predicted octanol–water partition coefficient (Wildman–Crippen LogP) is 1.72. The number of ether oxygens (including phenoxy) is 2. The summed E-state index contributed by atoms with van der Waals surface area (Å²) in [7, 11) is 1.35. The van der Waals surface area contributed by atoms with Crippen LogP contribution in [0.4, 0.5) is 0 Å². The summed E-state index contributed by atoms with van der Waals surface area (Å²) >= 11 is 0. The normalized spacial score (nSPS) is 26.6. The molecule has 5 nitrogen and oxygen atoms in total. The van der Waals surface area contributed by atoms with Gasteiger partial charge in [-0.25, -0.2) is 4.79 Å². The van der Waals surface area contributed by atoms with Gasteiger partial charge >= 0.3 is 5.97 Å². The summed E-state index contributed by atoms with van der Waals surface area (Å²) in [4.78, 5) is 11.3. The monoisotopic (exact) mass is 265 g/mol. The number of hydrogen-bond donors (Lipinski definition) is 1. The van der Waals surface area contributed by atoms with Crippen molar-refractivity contribution in [2.75, 3.05) is 13.7 Å². The molecule has 0 radical (unpaired) electrons. The van der Waals surface area contributed by atoms with Gasteiger partial charge in [0.15, 0.2) is 0 Å². The van der Waals surface area contributed by atoms with Crippen LogP contribution in [0.2, 0.25) is 0 Å². The smallest absolute Gasteiger partial charge is 0.373 e. The zero-order valence-corrected chi connectivity index (χ0v) is 11.1. The summed E-state index contributed by atoms with van der Waals surface area (Å²) in [5, 5.41) is 3.47. The second kappa shape index (κ2) is 5.35. The Morgan fingerprint density at radius 2 is 2.26 bits per heavy atom. The van der Waals surface area contributed by atoms with Crippen molar-refractivity contribution >= 4 is 5.97 Å². The van der Waals surface area contributed by atoms with Gasteiger partial charge in [-0.2, -0.15) is 0 Å². The molecule has 104 valence electrons. The van der Waals surface area contributed by atoms with Gasteiger partial charge in [0.25, 0.3) is 0 Å². The van der Waals surface area contributed by atoms with Crippen molar-refractivity contribution in [2.45, 2.75) is 38.0 Å². The van der Waals surface area contributed by atoms with Crippen LogP contribution in [0.3, 0.4) is 0 Å². The van der Waals surface area contributed by atoms with Crippen molar-refractivity contribution in [3.05, 3.63) is 23.7 Å². The lowest BCUT2D eigenvalue weighted by Crippen LogP contribution is -2.37. The Balaban J connectivity index is 1.54. The third kappa shape index (κ3) is 2.82. The minimum Gasteiger partial charge on any atom is -0.463 e. The summed E-state index contributed by atoms with van der Waals surface area (Å²) in [6.45, 7) is 1.46. The van der Waals surface area contributed by atoms with Crippen LogP contribution in [0.15, 0.2) is 16.5 Å². The third-order valence-corrected chi connectivity index (χ3v) is 3.81. The molecular formula is C14H19NO4. The lowest BCUT2D eigenvalue weighted by Gasteiger charge is -2.18. The number of esters is 1. The van der Waals surface area contributed by atoms with Gasteiger partial charge < -0.3 is 19.2 Å². The first-order chi connectivity index (χ1) is 9.28. The second-order valence-electron chi connectivity index (χ2n) is 5.21. The van der Waals surface area contributed by atoms with Crippen LogP contribution in [-0.2, 0) is 16.0 Å². The maximum absolute atomic E-state index is 11.3. The molecule has 1 aromatic heterocycles. The van der Waals surface area contributed by atoms with Crippen LogP contribution in [0.5, 0.6) is 0 Å². The standard InChI is InChI=1S/C14H19NO4/c1-17-14(16)12-5-4-10(19-12)8-15-11-6-7-18-13(11)9-2-3-9/h4-5,9,11,13,15H,2-3,6-8H2,1H3. The summed E-state index contributed by atoms with van der Waals surface area (Å²) in [5.74, 6) is 1.30. The minimum absolute atomic E-state index is 0.251. The molecule has 0 bridgehead atoms. The van der Waals surface area contributed by atoms with E-state index in [-0.39, 0.29) is 5.76 Å². The lowest BCUT2D eigenvalue weighted by atomic mass is 10.1. The maximum Gasteiger partial charge on any atom is 0.373 e. The first-order valence-corrected chi connectivity index (χ1v) is 6.80. The molecule has 2 unspecified atom stereocenters. The largest absolute Gasteiger partial charge is 0.463 e. The average molecular weight is 265 g/mol. The van der Waals surface area contributed by atoms with E-state index in [1.807, 2.05) is 0 Å². The van der Waals surface area contributed by atoms with Crippen LogP contribution in [-0.4, -0.2) is 31.8 Å². The van der Waals surface area contributed by atoms with Crippen LogP contribution in [0.25, 0.3) is 0 Å². The van der Waals surface area contributed by atoms with Crippen molar-refractivity contribution in [1.29, 1.82) is 0 Å². The molecule has 2 aliphatic rings. The van der Waals surface area contributed by atoms with Gasteiger partial charge in [-0.15, -0.1) is 0 Å². The van der Waals surface area contributed by atoms with Gasteiger partial charge in [-0.05, 0) is 37.3 Å². The Bertz CT molecular complexity index is 452. The first-order valence-electron chi connectivity index (χ1n) is 6.80. The molecule has 1 aromatic rings. The Morgan fingerprint density at radius 3 is 3.00 bits per heavy atom. The van der Waals surface area contributed by atoms with Crippen LogP contribution in [0, 0.1) is 5.92 Å². The molecule has 1 saturated carbocycles. The lowest BCUT2D eigenvalue weighted by molar-refractivity contribution is 0.0562. The summed E-state index contributed by atoms with van der Waals surface area (Å²) < 4.78 is 15.8. The fourth-order valence-corrected chi connectivity index (χ4v) is 2.63. The highest BCUT2D eigenvalue weighted by molar-refractivity contribution is 5.86. The highest BCUT2D eigenvalue weighted by Gasteiger charge is 2.40. The summed E-state index contributed by atoms with van der Waals surface area (Å²) in [6, 6.07) is 3.85. The molecule has 2 heterocycles. The number of carbonyl (C=O) groups is 1. The van der Waals surface area contributed by atoms with Crippen LogP contribution in [0.1, 0.15) is 35.6 Å². The van der Waals surface area contributed by atoms with Gasteiger partial charge in [0.05, 0.1) is 19.8 Å². The average Bonchev–Trinajstić information content (AvgIpc) is 2.99. The number of furan rings is 1. The van der Waals surface area contributed by atoms with Crippen molar-refractivity contribution in [3.8, 4) is 0 Å². The number of carbonyl (C=O) groups excluding carboxylic acids is 1. The quantitative estimate of drug-likeness (QED) is 0.821. The van der Waals surface area contributed by atoms with E-state index < -0.39 is 5.97 Å². The molecule has 1 aliphatic heterocycles. The number of hydrogen-bond acceptors (Lipinski definition) is 5. The predicted molar refractivity (Wildman–Crippen MR) is 67.8 cm³/mol. The molecular weight excluding hydrogens is 246 g/mol. The van der Waals surface area contributed by atoms with E-state index in [9.17, 15) is 4.79 Å². The van der Waals surface area contributed by atoms with E-state index in [0.717, 1.165) is 24.7 Å². The van der Waals surface area contributed by atoms with Gasteiger partial charge in [0.2, 0.25) is 5.76 Å². The number of nitrogens with one attached hydrogen (secondary N) is 1. The van der Waals surface area contributed by atoms with Crippen molar-refractivity contribution < 1.29 is 18.7 Å². The fraction of sp³-hybridized carbons (Fsp3) is 0.643. The molecule has 2 atom stereocenters. The van der Waals surface area contributed by atoms with E-state index in [2.05, 4.69) is 10.1 Å². The highest BCUT2D eigenvalue weighted by atomic mass is 16.5. The Kier molecular flexibility index (Phi) is 3.57. The van der Waals surface area contributed by atoms with Crippen molar-refractivity contribution in [3.63, 3.8) is 0 Å². The van der Waals surface area contributed by atoms with Gasteiger partial charge in [-0.3, -0.25) is 0 Å². The molecule has 0 spiro atoms. The van der Waals surface area contributed by atoms with Crippen LogP contribution < -0.4 is 5.32 Å². The van der Waals surface area contributed by atoms with E-state index >= 15 is 0 Å². The zero-order chi connectivity index (χ0) is 13.2. The number of rotatable bonds is 5. The Hall–Kier alpha value is -1.33. The van der Waals surface area contributed by atoms with E-state index in [1.165, 1.54) is 20.0 Å². The molecule has 5 heteroatoms. The van der Waals surface area contributed by atoms with Crippen LogP contribution >= 0.6 is 0 Å². The molecule has 0 amide bonds. The van der Waals surface area contributed by atoms with E-state index in [0.29, 0.717) is 18.7 Å². The molecule has 0 aromatic carbocycles. The molecule has 3 rings (SSSR count). The summed E-state index contributed by atoms with van der Waals surface area (Å²) in [6.07, 6.45) is 3.98. The van der Waals surface area contributed by atoms with E-state index in [4.69, 9.17) is 9.15 Å². The second-order valence-corrected chi connectivity index (χ2v) is 5.21. The maximum atomic E-state index is 11.3. The minimum atomic E-state index is -0.439. The fourth-order valence-electron chi connectivity index (χ4n) is 2.63. The molecule has 1 saturated heterocycles. The molecule has 1 aliphatic carbocycles. The Morgan fingerprint density at radius 1 is 1.42 bits per heavy atom. The third-order valence-electron chi connectivity index (χ3n) is 3.81. The van der Waals surface area contributed by atoms with Gasteiger partial charge in [0.1, 0.15) is 5.76 Å². The van der Waals surface area contributed by atoms with E-state index in [1.54, 1.807) is 12.1 Å². The molecule has 19 heavy (non-hydrogen) atoms. The molecule has 1 N–H and O–H groups in total. The Labute approximate surface area is 112 Å². The SMILES string of the molecule is COC(=O)c1ccc(CNC2CCOC2C2CC2)o1. The van der Waals surface area contributed by atoms with Gasteiger partial charge in [0, 0.05) is 12.6 Å². The van der Waals surface area contributed by atoms with Crippen molar-refractivity contribution in [2.24, 2.45) is 5.92 Å². The zero-order valence-electron chi connectivity index (χ0n) is 11.1.